The molecule has 0 aliphatic carbocycles. The number of nitrogens with zero attached hydrogens (tertiary/aromatic N) is 6. The van der Waals surface area contributed by atoms with Crippen LogP contribution in [0.4, 0.5) is 13.2 Å². The minimum Gasteiger partial charge on any atom is -0.327 e. The summed E-state index contributed by atoms with van der Waals surface area (Å²) < 4.78 is 44.8. The van der Waals surface area contributed by atoms with Gasteiger partial charge in [-0.25, -0.2) is 22.8 Å². The second-order valence-electron chi connectivity index (χ2n) is 8.96. The summed E-state index contributed by atoms with van der Waals surface area (Å²) in [5.41, 5.74) is 2.85. The van der Waals surface area contributed by atoms with Gasteiger partial charge < -0.3 is 4.90 Å². The van der Waals surface area contributed by atoms with Gasteiger partial charge in [-0.2, -0.15) is 10.2 Å². The molecule has 2 bridgehead atoms. The second kappa shape index (κ2) is 8.07. The van der Waals surface area contributed by atoms with Crippen LogP contribution in [0.15, 0.2) is 48.9 Å². The molecule has 178 valence electrons. The summed E-state index contributed by atoms with van der Waals surface area (Å²) in [4.78, 5) is 19.9. The Labute approximate surface area is 198 Å². The van der Waals surface area contributed by atoms with Crippen LogP contribution in [0.1, 0.15) is 46.9 Å². The van der Waals surface area contributed by atoms with Crippen molar-refractivity contribution >= 4 is 5.91 Å². The van der Waals surface area contributed by atoms with Crippen LogP contribution in [0.2, 0.25) is 0 Å². The number of hydrogen-bond donors (Lipinski definition) is 0. The van der Waals surface area contributed by atoms with Gasteiger partial charge in [0.15, 0.2) is 23.3 Å². The zero-order valence-corrected chi connectivity index (χ0v) is 18.8. The molecule has 3 aromatic heterocycles. The molecular weight excluding hydrogens is 457 g/mol. The van der Waals surface area contributed by atoms with Crippen LogP contribution in [-0.2, 0) is 13.5 Å². The van der Waals surface area contributed by atoms with E-state index in [1.165, 1.54) is 0 Å². The van der Waals surface area contributed by atoms with Crippen molar-refractivity contribution in [3.63, 3.8) is 0 Å². The van der Waals surface area contributed by atoms with Gasteiger partial charge in [0.2, 0.25) is 0 Å². The fraction of sp³-hybridized carbons (Fsp3) is 0.280. The highest BCUT2D eigenvalue weighted by molar-refractivity contribution is 5.95. The molecule has 4 aromatic rings. The number of aromatic nitrogens is 5. The summed E-state index contributed by atoms with van der Waals surface area (Å²) >= 11 is 0. The molecular formula is C25H21F3N6O. The Morgan fingerprint density at radius 1 is 1.09 bits per heavy atom. The Kier molecular flexibility index (Phi) is 4.98. The van der Waals surface area contributed by atoms with Gasteiger partial charge in [-0.3, -0.25) is 9.48 Å². The third kappa shape index (κ3) is 3.43. The predicted molar refractivity (Wildman–Crippen MR) is 120 cm³/mol. The molecule has 0 radical (unpaired) electrons. The maximum absolute atomic E-state index is 14.0. The fourth-order valence-corrected chi connectivity index (χ4v) is 5.43. The zero-order chi connectivity index (χ0) is 24.3. The Bertz CT molecular complexity index is 1420. The number of benzene rings is 1. The van der Waals surface area contributed by atoms with Crippen molar-refractivity contribution in [1.29, 1.82) is 0 Å². The molecule has 0 saturated carbocycles. The quantitative estimate of drug-likeness (QED) is 0.410. The van der Waals surface area contributed by atoms with Gasteiger partial charge in [0.25, 0.3) is 5.91 Å². The van der Waals surface area contributed by atoms with E-state index in [-0.39, 0.29) is 23.6 Å². The highest BCUT2D eigenvalue weighted by Crippen LogP contribution is 2.45. The summed E-state index contributed by atoms with van der Waals surface area (Å²) in [7, 11) is 1.70. The van der Waals surface area contributed by atoms with Crippen LogP contribution in [0.25, 0.3) is 17.1 Å². The molecule has 1 saturated heterocycles. The van der Waals surface area contributed by atoms with Crippen molar-refractivity contribution in [1.82, 2.24) is 29.4 Å². The van der Waals surface area contributed by atoms with Gasteiger partial charge in [-0.15, -0.1) is 0 Å². The van der Waals surface area contributed by atoms with Crippen LogP contribution >= 0.6 is 0 Å². The predicted octanol–water partition coefficient (Wildman–Crippen LogP) is 4.38. The highest BCUT2D eigenvalue weighted by atomic mass is 19.2. The molecule has 1 aromatic carbocycles. The summed E-state index contributed by atoms with van der Waals surface area (Å²) in [5.74, 6) is -3.55. The fourth-order valence-electron chi connectivity index (χ4n) is 5.43. The monoisotopic (exact) mass is 478 g/mol. The van der Waals surface area contributed by atoms with Gasteiger partial charge in [0.1, 0.15) is 0 Å². The van der Waals surface area contributed by atoms with Gasteiger partial charge in [-0.05, 0) is 56.0 Å². The van der Waals surface area contributed by atoms with E-state index in [0.29, 0.717) is 23.5 Å². The topological polar surface area (TPSA) is 68.8 Å². The molecule has 1 amide bonds. The lowest BCUT2D eigenvalue weighted by Crippen LogP contribution is -2.49. The largest absolute Gasteiger partial charge is 0.327 e. The number of hydrogen-bond acceptors (Lipinski definition) is 4. The Hall–Kier alpha value is -3.95. The molecule has 0 N–H and O–H groups in total. The summed E-state index contributed by atoms with van der Waals surface area (Å²) in [6, 6.07) is 6.83. The van der Waals surface area contributed by atoms with Gasteiger partial charge in [0.05, 0.1) is 17.4 Å². The van der Waals surface area contributed by atoms with Crippen LogP contribution in [0.3, 0.4) is 0 Å². The third-order valence-corrected chi connectivity index (χ3v) is 6.90. The number of aryl methyl sites for hydroxylation is 1. The van der Waals surface area contributed by atoms with E-state index in [2.05, 4.69) is 15.2 Å². The van der Waals surface area contributed by atoms with E-state index >= 15 is 0 Å². The Morgan fingerprint density at radius 3 is 2.63 bits per heavy atom. The molecule has 5 heterocycles. The molecule has 35 heavy (non-hydrogen) atoms. The highest BCUT2D eigenvalue weighted by Gasteiger charge is 2.43. The minimum atomic E-state index is -1.50. The number of piperidine rings is 1. The first kappa shape index (κ1) is 21.6. The van der Waals surface area contributed by atoms with E-state index in [4.69, 9.17) is 0 Å². The number of fused-ring (bicyclic) bond motifs is 4. The van der Waals surface area contributed by atoms with E-state index in [0.717, 1.165) is 42.7 Å². The first-order valence-electron chi connectivity index (χ1n) is 11.4. The van der Waals surface area contributed by atoms with Gasteiger partial charge in [-0.1, -0.05) is 0 Å². The van der Waals surface area contributed by atoms with E-state index in [1.54, 1.807) is 53.2 Å². The number of pyridine rings is 1. The van der Waals surface area contributed by atoms with Crippen LogP contribution in [0, 0.1) is 17.5 Å². The molecule has 2 aliphatic rings. The summed E-state index contributed by atoms with van der Waals surface area (Å²) in [5, 5.41) is 8.86. The second-order valence-corrected chi connectivity index (χ2v) is 8.96. The van der Waals surface area contributed by atoms with Crippen molar-refractivity contribution in [2.24, 2.45) is 7.05 Å². The number of amides is 1. The molecule has 1 fully saturated rings. The average molecular weight is 478 g/mol. The van der Waals surface area contributed by atoms with Crippen molar-refractivity contribution in [2.45, 2.75) is 37.8 Å². The molecule has 0 spiro atoms. The van der Waals surface area contributed by atoms with Crippen molar-refractivity contribution < 1.29 is 18.0 Å². The standard InChI is InChI=1S/C25H21F3N6O/c1-32-24(15-10-18(26)22(28)19(27)11-15)17-13-16-4-2-5-20(23(17)31-32)34(16)25(35)14-6-8-29-21(12-14)33-9-3-7-30-33/h3,6-12,16,20H,2,4-5,13H2,1H3. The van der Waals surface area contributed by atoms with E-state index in [1.807, 2.05) is 4.90 Å². The Balaban J connectivity index is 1.40. The summed E-state index contributed by atoms with van der Waals surface area (Å²) in [6.07, 6.45) is 7.97. The van der Waals surface area contributed by atoms with E-state index < -0.39 is 17.5 Å². The van der Waals surface area contributed by atoms with Crippen LogP contribution in [0.5, 0.6) is 0 Å². The maximum atomic E-state index is 14.0. The minimum absolute atomic E-state index is 0.0897. The Morgan fingerprint density at radius 2 is 1.89 bits per heavy atom. The maximum Gasteiger partial charge on any atom is 0.254 e. The first-order valence-corrected chi connectivity index (χ1v) is 11.4. The smallest absolute Gasteiger partial charge is 0.254 e. The van der Waals surface area contributed by atoms with E-state index in [9.17, 15) is 18.0 Å². The zero-order valence-electron chi connectivity index (χ0n) is 18.8. The molecule has 2 unspecified atom stereocenters. The summed E-state index contributed by atoms with van der Waals surface area (Å²) in [6.45, 7) is 0. The van der Waals surface area contributed by atoms with Crippen molar-refractivity contribution in [2.75, 3.05) is 0 Å². The van der Waals surface area contributed by atoms with Crippen molar-refractivity contribution in [3.05, 3.63) is 83.2 Å². The van der Waals surface area contributed by atoms with Crippen LogP contribution < -0.4 is 0 Å². The van der Waals surface area contributed by atoms with Gasteiger partial charge >= 0.3 is 0 Å². The van der Waals surface area contributed by atoms with Gasteiger partial charge in [0, 0.05) is 48.4 Å². The average Bonchev–Trinajstić information content (AvgIpc) is 3.50. The SMILES string of the molecule is Cn1nc2c(c1-c1cc(F)c(F)c(F)c1)CC1CCCC2N1C(=O)c1ccnc(-n2cccn2)c1. The normalized spacial score (nSPS) is 19.0. The third-order valence-electron chi connectivity index (χ3n) is 6.90. The number of carbonyl (C=O) groups excluding carboxylic acids is 1. The van der Waals surface area contributed by atoms with Crippen molar-refractivity contribution in [3.8, 4) is 17.1 Å². The number of halogens is 3. The molecule has 6 rings (SSSR count). The molecule has 2 aliphatic heterocycles. The molecule has 7 nitrogen and oxygen atoms in total. The van der Waals surface area contributed by atoms with Crippen LogP contribution in [-0.4, -0.2) is 41.4 Å². The lowest BCUT2D eigenvalue weighted by atomic mass is 9.81. The lowest BCUT2D eigenvalue weighted by Gasteiger charge is -2.45. The number of carbonyl (C=O) groups is 1. The number of rotatable bonds is 3. The molecule has 10 heteroatoms. The first-order chi connectivity index (χ1) is 16.9. The molecule has 2 atom stereocenters. The lowest BCUT2D eigenvalue weighted by molar-refractivity contribution is 0.0391.